The van der Waals surface area contributed by atoms with Crippen LogP contribution in [0.4, 0.5) is 0 Å². The predicted octanol–water partition coefficient (Wildman–Crippen LogP) is 2.97. The molecule has 6 heteroatoms. The number of aromatic nitrogens is 1. The van der Waals surface area contributed by atoms with E-state index in [9.17, 15) is 4.79 Å². The van der Waals surface area contributed by atoms with Crippen molar-refractivity contribution in [3.8, 4) is 0 Å². The molecule has 1 heterocycles. The van der Waals surface area contributed by atoms with Crippen LogP contribution < -0.4 is 11.1 Å². The van der Waals surface area contributed by atoms with Crippen LogP contribution in [0.2, 0.25) is 0 Å². The van der Waals surface area contributed by atoms with Crippen molar-refractivity contribution < 1.29 is 4.79 Å². The van der Waals surface area contributed by atoms with Crippen molar-refractivity contribution in [1.29, 1.82) is 0 Å². The lowest BCUT2D eigenvalue weighted by molar-refractivity contribution is 0.0941. The number of carbonyl (C=O) groups is 1. The molecule has 1 unspecified atom stereocenters. The minimum Gasteiger partial charge on any atom is -0.350 e. The number of nitrogens with zero attached hydrogens (tertiary/aromatic N) is 1. The molecule has 0 fully saturated rings. The molecule has 3 N–H and O–H groups in total. The molecular weight excluding hydrogens is 282 g/mol. The molecule has 1 aromatic heterocycles. The first-order valence-corrected chi connectivity index (χ1v) is 7.51. The monoisotopic (exact) mass is 305 g/mol. The highest BCUT2D eigenvalue weighted by Gasteiger charge is 2.12. The maximum absolute atomic E-state index is 11.9. The molecule has 19 heavy (non-hydrogen) atoms. The van der Waals surface area contributed by atoms with E-state index in [0.29, 0.717) is 18.2 Å². The number of halogens is 1. The minimum absolute atomic E-state index is 0. The number of carbonyl (C=O) groups excluding carboxylic acids is 1. The van der Waals surface area contributed by atoms with E-state index in [2.05, 4.69) is 24.1 Å². The summed E-state index contributed by atoms with van der Waals surface area (Å²) in [6.45, 7) is 5.49. The Balaban J connectivity index is 0.00000324. The van der Waals surface area contributed by atoms with Crippen LogP contribution in [0.1, 0.15) is 55.0 Å². The molecule has 1 atom stereocenters. The largest absolute Gasteiger partial charge is 0.350 e. The second-order valence-corrected chi connectivity index (χ2v) is 5.40. The van der Waals surface area contributed by atoms with Gasteiger partial charge in [-0.1, -0.05) is 33.1 Å². The molecule has 0 saturated carbocycles. The fraction of sp³-hybridized carbons (Fsp3) is 0.692. The number of unbranched alkanes of at least 4 members (excludes halogenated alkanes) is 1. The summed E-state index contributed by atoms with van der Waals surface area (Å²) in [5, 5.41) is 5.53. The second kappa shape index (κ2) is 10.2. The van der Waals surface area contributed by atoms with Crippen molar-refractivity contribution in [2.24, 2.45) is 11.7 Å². The molecule has 4 nitrogen and oxygen atoms in total. The topological polar surface area (TPSA) is 68.0 Å². The second-order valence-electron chi connectivity index (χ2n) is 4.46. The molecule has 1 rings (SSSR count). The van der Waals surface area contributed by atoms with Gasteiger partial charge >= 0.3 is 0 Å². The minimum atomic E-state index is -0.0825. The van der Waals surface area contributed by atoms with Crippen LogP contribution in [-0.2, 0) is 6.54 Å². The van der Waals surface area contributed by atoms with Crippen LogP contribution in [0.5, 0.6) is 0 Å². The molecule has 0 saturated heterocycles. The molecule has 0 radical (unpaired) electrons. The van der Waals surface area contributed by atoms with Gasteiger partial charge in [0.05, 0.1) is 0 Å². The first-order valence-electron chi connectivity index (χ1n) is 6.63. The van der Waals surface area contributed by atoms with Gasteiger partial charge in [-0.15, -0.1) is 23.7 Å². The van der Waals surface area contributed by atoms with Crippen LogP contribution in [-0.4, -0.2) is 17.4 Å². The summed E-state index contributed by atoms with van der Waals surface area (Å²) < 4.78 is 0. The number of hydrogen-bond donors (Lipinski definition) is 2. The van der Waals surface area contributed by atoms with Gasteiger partial charge in [0, 0.05) is 18.5 Å². The number of nitrogens with one attached hydrogen (secondary N) is 1. The third-order valence-corrected chi connectivity index (χ3v) is 3.92. The maximum atomic E-state index is 11.9. The molecule has 0 aliphatic rings. The van der Waals surface area contributed by atoms with Gasteiger partial charge in [-0.05, 0) is 12.3 Å². The van der Waals surface area contributed by atoms with Gasteiger partial charge in [-0.2, -0.15) is 0 Å². The number of rotatable bonds is 8. The van der Waals surface area contributed by atoms with Crippen molar-refractivity contribution in [2.45, 2.75) is 46.1 Å². The van der Waals surface area contributed by atoms with E-state index in [4.69, 9.17) is 5.73 Å². The Hall–Kier alpha value is -0.650. The Morgan fingerprint density at radius 1 is 1.53 bits per heavy atom. The van der Waals surface area contributed by atoms with Gasteiger partial charge in [0.25, 0.3) is 5.91 Å². The Labute approximate surface area is 125 Å². The van der Waals surface area contributed by atoms with E-state index in [1.165, 1.54) is 30.6 Å². The van der Waals surface area contributed by atoms with Crippen molar-refractivity contribution in [3.63, 3.8) is 0 Å². The fourth-order valence-corrected chi connectivity index (χ4v) is 2.43. The molecule has 0 aliphatic carbocycles. The molecule has 110 valence electrons. The molecule has 0 spiro atoms. The Morgan fingerprint density at radius 3 is 2.79 bits per heavy atom. The third kappa shape index (κ3) is 6.36. The van der Waals surface area contributed by atoms with Gasteiger partial charge in [-0.3, -0.25) is 4.79 Å². The first kappa shape index (κ1) is 18.4. The Morgan fingerprint density at radius 2 is 2.26 bits per heavy atom. The fourth-order valence-electron chi connectivity index (χ4n) is 1.78. The van der Waals surface area contributed by atoms with Gasteiger partial charge < -0.3 is 11.1 Å². The van der Waals surface area contributed by atoms with E-state index in [0.717, 1.165) is 18.0 Å². The first-order chi connectivity index (χ1) is 8.71. The van der Waals surface area contributed by atoms with E-state index < -0.39 is 0 Å². The molecule has 0 aliphatic heterocycles. The highest BCUT2D eigenvalue weighted by atomic mass is 35.5. The zero-order valence-corrected chi connectivity index (χ0v) is 13.3. The number of thiazole rings is 1. The summed E-state index contributed by atoms with van der Waals surface area (Å²) in [7, 11) is 0. The standard InChI is InChI=1S/C13H23N3OS.ClH/c1-3-5-6-10(4-2)8-15-13(17)11-9-18-12(7-14)16-11;/h9-10H,3-8,14H2,1-2H3,(H,15,17);1H. The maximum Gasteiger partial charge on any atom is 0.270 e. The molecule has 1 amide bonds. The van der Waals surface area contributed by atoms with Gasteiger partial charge in [0.1, 0.15) is 10.7 Å². The summed E-state index contributed by atoms with van der Waals surface area (Å²) in [5.41, 5.74) is 5.97. The predicted molar refractivity (Wildman–Crippen MR) is 82.9 cm³/mol. The van der Waals surface area contributed by atoms with Crippen LogP contribution in [0, 0.1) is 5.92 Å². The average Bonchev–Trinajstić information content (AvgIpc) is 2.87. The lowest BCUT2D eigenvalue weighted by Crippen LogP contribution is -2.29. The summed E-state index contributed by atoms with van der Waals surface area (Å²) in [6.07, 6.45) is 4.71. The Bertz CT molecular complexity index is 371. The normalized spacial score (nSPS) is 11.7. The van der Waals surface area contributed by atoms with Crippen molar-refractivity contribution in [3.05, 3.63) is 16.1 Å². The van der Waals surface area contributed by atoms with Crippen molar-refractivity contribution in [1.82, 2.24) is 10.3 Å². The lowest BCUT2D eigenvalue weighted by Gasteiger charge is -2.14. The smallest absolute Gasteiger partial charge is 0.270 e. The summed E-state index contributed by atoms with van der Waals surface area (Å²) in [6, 6.07) is 0. The van der Waals surface area contributed by atoms with Crippen LogP contribution in [0.15, 0.2) is 5.38 Å². The zero-order chi connectivity index (χ0) is 13.4. The summed E-state index contributed by atoms with van der Waals surface area (Å²) in [4.78, 5) is 16.0. The molecule has 0 aromatic carbocycles. The SMILES string of the molecule is CCCCC(CC)CNC(=O)c1csc(CN)n1.Cl. The zero-order valence-electron chi connectivity index (χ0n) is 11.6. The van der Waals surface area contributed by atoms with E-state index in [1.807, 2.05) is 0 Å². The lowest BCUT2D eigenvalue weighted by atomic mass is 9.99. The van der Waals surface area contributed by atoms with E-state index >= 15 is 0 Å². The van der Waals surface area contributed by atoms with Crippen molar-refractivity contribution in [2.75, 3.05) is 6.54 Å². The van der Waals surface area contributed by atoms with Crippen LogP contribution in [0.25, 0.3) is 0 Å². The van der Waals surface area contributed by atoms with Gasteiger partial charge in [-0.25, -0.2) is 4.98 Å². The van der Waals surface area contributed by atoms with E-state index in [1.54, 1.807) is 5.38 Å². The van der Waals surface area contributed by atoms with E-state index in [-0.39, 0.29) is 18.3 Å². The van der Waals surface area contributed by atoms with Crippen LogP contribution >= 0.6 is 23.7 Å². The Kier molecular flexibility index (Phi) is 9.83. The number of nitrogens with two attached hydrogens (primary N) is 1. The van der Waals surface area contributed by atoms with Crippen molar-refractivity contribution >= 4 is 29.7 Å². The third-order valence-electron chi connectivity index (χ3n) is 3.05. The highest BCUT2D eigenvalue weighted by molar-refractivity contribution is 7.09. The van der Waals surface area contributed by atoms with Gasteiger partial charge in [0.2, 0.25) is 0 Å². The van der Waals surface area contributed by atoms with Crippen LogP contribution in [0.3, 0.4) is 0 Å². The quantitative estimate of drug-likeness (QED) is 0.776. The molecular formula is C13H24ClN3OS. The average molecular weight is 306 g/mol. The number of amides is 1. The molecule has 1 aromatic rings. The highest BCUT2D eigenvalue weighted by Crippen LogP contribution is 2.12. The molecule has 0 bridgehead atoms. The van der Waals surface area contributed by atoms with Gasteiger partial charge in [0.15, 0.2) is 0 Å². The number of hydrogen-bond acceptors (Lipinski definition) is 4. The summed E-state index contributed by atoms with van der Waals surface area (Å²) in [5.74, 6) is 0.488. The summed E-state index contributed by atoms with van der Waals surface area (Å²) >= 11 is 1.43.